The summed E-state index contributed by atoms with van der Waals surface area (Å²) in [6, 6.07) is 9.51. The predicted molar refractivity (Wildman–Crippen MR) is 94.6 cm³/mol. The number of hydrazone groups is 1. The number of aromatic nitrogens is 1. The number of nitrogens with one attached hydrogen (secondary N) is 1. The highest BCUT2D eigenvalue weighted by molar-refractivity contribution is 6.30. The Morgan fingerprint density at radius 1 is 1.38 bits per heavy atom. The van der Waals surface area contributed by atoms with Crippen molar-refractivity contribution in [3.8, 4) is 5.75 Å². The third-order valence-corrected chi connectivity index (χ3v) is 4.29. The molecule has 1 aromatic carbocycles. The Morgan fingerprint density at radius 2 is 2.21 bits per heavy atom. The van der Waals surface area contributed by atoms with Gasteiger partial charge in [-0.1, -0.05) is 30.5 Å². The van der Waals surface area contributed by atoms with Gasteiger partial charge in [0.05, 0.1) is 6.21 Å². The lowest BCUT2D eigenvalue weighted by Crippen LogP contribution is -2.24. The number of ether oxygens (including phenoxy) is 1. The van der Waals surface area contributed by atoms with Gasteiger partial charge in [-0.2, -0.15) is 5.10 Å². The summed E-state index contributed by atoms with van der Waals surface area (Å²) >= 11 is 5.85. The van der Waals surface area contributed by atoms with Crippen LogP contribution in [0.4, 0.5) is 0 Å². The highest BCUT2D eigenvalue weighted by atomic mass is 35.5. The lowest BCUT2D eigenvalue weighted by molar-refractivity contribution is -0.123. The molecule has 3 rings (SSSR count). The van der Waals surface area contributed by atoms with Crippen LogP contribution in [0.3, 0.4) is 0 Å². The molecule has 0 bridgehead atoms. The van der Waals surface area contributed by atoms with Gasteiger partial charge in [0, 0.05) is 29.0 Å². The Balaban J connectivity index is 1.44. The minimum Gasteiger partial charge on any atom is -0.484 e. The molecule has 1 amide bonds. The lowest BCUT2D eigenvalue weighted by atomic mass is 10.2. The first kappa shape index (κ1) is 16.6. The molecule has 0 spiro atoms. The standard InChI is InChI=1S/C18H20ClN3O2/c19-15-4-3-7-17(10-15)24-13-18(23)21-20-11-14-8-9-22(12-14)16-5-1-2-6-16/h3-4,7-12,16H,1-2,5-6,13H2,(H,21,23)/b20-11+. The second kappa shape index (κ2) is 8.02. The van der Waals surface area contributed by atoms with Gasteiger partial charge in [-0.15, -0.1) is 0 Å². The molecule has 1 heterocycles. The van der Waals surface area contributed by atoms with Gasteiger partial charge in [0.2, 0.25) is 0 Å². The molecule has 1 N–H and O–H groups in total. The number of nitrogens with zero attached hydrogens (tertiary/aromatic N) is 2. The smallest absolute Gasteiger partial charge is 0.277 e. The van der Waals surface area contributed by atoms with Crippen LogP contribution in [0.2, 0.25) is 5.02 Å². The lowest BCUT2D eigenvalue weighted by Gasteiger charge is -2.10. The maximum Gasteiger partial charge on any atom is 0.277 e. The third-order valence-electron chi connectivity index (χ3n) is 4.05. The summed E-state index contributed by atoms with van der Waals surface area (Å²) in [5.74, 6) is 0.233. The van der Waals surface area contributed by atoms with E-state index in [-0.39, 0.29) is 12.5 Å². The van der Waals surface area contributed by atoms with Crippen LogP contribution in [-0.2, 0) is 4.79 Å². The van der Waals surface area contributed by atoms with Crippen LogP contribution in [-0.4, -0.2) is 23.3 Å². The summed E-state index contributed by atoms with van der Waals surface area (Å²) in [5.41, 5.74) is 3.43. The first-order valence-corrected chi connectivity index (χ1v) is 8.46. The van der Waals surface area contributed by atoms with Gasteiger partial charge in [-0.25, -0.2) is 5.43 Å². The Labute approximate surface area is 146 Å². The summed E-state index contributed by atoms with van der Waals surface area (Å²) in [4.78, 5) is 11.7. The van der Waals surface area contributed by atoms with E-state index in [1.165, 1.54) is 25.7 Å². The summed E-state index contributed by atoms with van der Waals surface area (Å²) in [6.45, 7) is -0.110. The second-order valence-electron chi connectivity index (χ2n) is 5.87. The zero-order valence-corrected chi connectivity index (χ0v) is 14.1. The number of rotatable bonds is 6. The molecular formula is C18H20ClN3O2. The average molecular weight is 346 g/mol. The van der Waals surface area contributed by atoms with Crippen LogP contribution < -0.4 is 10.2 Å². The van der Waals surface area contributed by atoms with Crippen molar-refractivity contribution in [1.29, 1.82) is 0 Å². The molecule has 2 aromatic rings. The van der Waals surface area contributed by atoms with Crippen LogP contribution in [0.15, 0.2) is 47.8 Å². The Kier molecular flexibility index (Phi) is 5.54. The molecule has 1 aromatic heterocycles. The van der Waals surface area contributed by atoms with Crippen LogP contribution >= 0.6 is 11.6 Å². The topological polar surface area (TPSA) is 55.6 Å². The molecule has 6 heteroatoms. The van der Waals surface area contributed by atoms with Crippen LogP contribution in [0.1, 0.15) is 37.3 Å². The van der Waals surface area contributed by atoms with Crippen molar-refractivity contribution in [1.82, 2.24) is 9.99 Å². The Morgan fingerprint density at radius 3 is 3.00 bits per heavy atom. The molecule has 126 valence electrons. The quantitative estimate of drug-likeness (QED) is 0.639. The highest BCUT2D eigenvalue weighted by Gasteiger charge is 2.15. The first-order valence-electron chi connectivity index (χ1n) is 8.08. The summed E-state index contributed by atoms with van der Waals surface area (Å²) in [6.07, 6.45) is 10.9. The normalized spacial score (nSPS) is 15.0. The van der Waals surface area contributed by atoms with Gasteiger partial charge >= 0.3 is 0 Å². The van der Waals surface area contributed by atoms with Crippen LogP contribution in [0.25, 0.3) is 0 Å². The van der Waals surface area contributed by atoms with E-state index in [0.717, 1.165) is 5.56 Å². The van der Waals surface area contributed by atoms with E-state index in [4.69, 9.17) is 16.3 Å². The molecule has 1 saturated carbocycles. The molecule has 5 nitrogen and oxygen atoms in total. The Hall–Kier alpha value is -2.27. The maximum atomic E-state index is 11.7. The van der Waals surface area contributed by atoms with Crippen molar-refractivity contribution in [3.05, 3.63) is 53.3 Å². The summed E-state index contributed by atoms with van der Waals surface area (Å²) < 4.78 is 7.58. The van der Waals surface area contributed by atoms with E-state index in [2.05, 4.69) is 27.5 Å². The van der Waals surface area contributed by atoms with Crippen LogP contribution in [0, 0.1) is 0 Å². The van der Waals surface area contributed by atoms with E-state index in [0.29, 0.717) is 16.8 Å². The SMILES string of the molecule is O=C(COc1cccc(Cl)c1)N/N=C/c1ccn(C2CCCC2)c1. The number of benzene rings is 1. The molecule has 1 fully saturated rings. The van der Waals surface area contributed by atoms with Crippen LogP contribution in [0.5, 0.6) is 5.75 Å². The van der Waals surface area contributed by atoms with E-state index >= 15 is 0 Å². The zero-order valence-electron chi connectivity index (χ0n) is 13.3. The molecule has 0 radical (unpaired) electrons. The molecule has 1 aliphatic carbocycles. The van der Waals surface area contributed by atoms with E-state index in [9.17, 15) is 4.79 Å². The van der Waals surface area contributed by atoms with Crippen molar-refractivity contribution < 1.29 is 9.53 Å². The summed E-state index contributed by atoms with van der Waals surface area (Å²) in [7, 11) is 0. The van der Waals surface area contributed by atoms with Crippen molar-refractivity contribution in [2.75, 3.05) is 6.61 Å². The van der Waals surface area contributed by atoms with Gasteiger partial charge in [-0.3, -0.25) is 4.79 Å². The molecular weight excluding hydrogens is 326 g/mol. The number of amides is 1. The summed E-state index contributed by atoms with van der Waals surface area (Å²) in [5, 5.41) is 4.53. The van der Waals surface area contributed by atoms with Gasteiger partial charge in [0.1, 0.15) is 5.75 Å². The fraction of sp³-hybridized carbons (Fsp3) is 0.333. The Bertz CT molecular complexity index is 721. The number of carbonyl (C=O) groups is 1. The molecule has 0 saturated heterocycles. The fourth-order valence-electron chi connectivity index (χ4n) is 2.85. The maximum absolute atomic E-state index is 11.7. The molecule has 24 heavy (non-hydrogen) atoms. The van der Waals surface area contributed by atoms with Gasteiger partial charge in [0.25, 0.3) is 5.91 Å². The number of hydrogen-bond acceptors (Lipinski definition) is 3. The first-order chi connectivity index (χ1) is 11.7. The zero-order chi connectivity index (χ0) is 16.8. The average Bonchev–Trinajstić information content (AvgIpc) is 3.24. The molecule has 1 aliphatic rings. The molecule has 0 unspecified atom stereocenters. The minimum absolute atomic E-state index is 0.110. The van der Waals surface area contributed by atoms with E-state index in [1.54, 1.807) is 30.5 Å². The van der Waals surface area contributed by atoms with Gasteiger partial charge in [-0.05, 0) is 37.1 Å². The van der Waals surface area contributed by atoms with Gasteiger partial charge in [0.15, 0.2) is 6.61 Å². The number of carbonyl (C=O) groups excluding carboxylic acids is 1. The number of hydrogen-bond donors (Lipinski definition) is 1. The molecule has 0 atom stereocenters. The molecule has 0 aliphatic heterocycles. The highest BCUT2D eigenvalue weighted by Crippen LogP contribution is 2.29. The fourth-order valence-corrected chi connectivity index (χ4v) is 3.03. The minimum atomic E-state index is -0.318. The van der Waals surface area contributed by atoms with E-state index < -0.39 is 0 Å². The van der Waals surface area contributed by atoms with Crippen molar-refractivity contribution in [2.45, 2.75) is 31.7 Å². The van der Waals surface area contributed by atoms with Crippen molar-refractivity contribution in [2.24, 2.45) is 5.10 Å². The van der Waals surface area contributed by atoms with Gasteiger partial charge < -0.3 is 9.30 Å². The monoisotopic (exact) mass is 345 g/mol. The predicted octanol–water partition coefficient (Wildman–Crippen LogP) is 3.79. The van der Waals surface area contributed by atoms with Crippen molar-refractivity contribution in [3.63, 3.8) is 0 Å². The van der Waals surface area contributed by atoms with E-state index in [1.807, 2.05) is 6.07 Å². The number of halogens is 1. The third kappa shape index (κ3) is 4.61. The van der Waals surface area contributed by atoms with Crippen molar-refractivity contribution >= 4 is 23.7 Å². The largest absolute Gasteiger partial charge is 0.484 e. The second-order valence-corrected chi connectivity index (χ2v) is 6.31.